The Morgan fingerprint density at radius 3 is 2.56 bits per heavy atom. The summed E-state index contributed by atoms with van der Waals surface area (Å²) in [5.74, 6) is 0. The molecule has 16 heavy (non-hydrogen) atoms. The van der Waals surface area contributed by atoms with E-state index in [2.05, 4.69) is 22.0 Å². The number of hydrogen-bond acceptors (Lipinski definition) is 2. The minimum Gasteiger partial charge on any atom is -0.369 e. The molecule has 0 bridgehead atoms. The average Bonchev–Trinajstić information content (AvgIpc) is 2.18. The summed E-state index contributed by atoms with van der Waals surface area (Å²) in [5, 5.41) is 0. The van der Waals surface area contributed by atoms with E-state index >= 15 is 0 Å². The van der Waals surface area contributed by atoms with Crippen molar-refractivity contribution in [2.24, 2.45) is 5.73 Å². The zero-order chi connectivity index (χ0) is 11.5. The van der Waals surface area contributed by atoms with Gasteiger partial charge in [-0.2, -0.15) is 0 Å². The topological polar surface area (TPSA) is 35.2 Å². The zero-order valence-corrected chi connectivity index (χ0v) is 11.1. The van der Waals surface area contributed by atoms with Gasteiger partial charge in [0.2, 0.25) is 0 Å². The highest BCUT2D eigenvalue weighted by Gasteiger charge is 2.26. The summed E-state index contributed by atoms with van der Waals surface area (Å²) < 4.78 is 7.14. The van der Waals surface area contributed by atoms with Gasteiger partial charge in [0.25, 0.3) is 0 Å². The third kappa shape index (κ3) is 2.65. The van der Waals surface area contributed by atoms with Gasteiger partial charge in [-0.05, 0) is 37.8 Å². The van der Waals surface area contributed by atoms with Crippen LogP contribution < -0.4 is 5.73 Å². The second kappa shape index (κ2) is 5.30. The molecule has 1 saturated carbocycles. The van der Waals surface area contributed by atoms with Crippen LogP contribution in [0.2, 0.25) is 0 Å². The van der Waals surface area contributed by atoms with Crippen LogP contribution in [0.5, 0.6) is 0 Å². The molecule has 2 nitrogen and oxygen atoms in total. The second-order valence-corrected chi connectivity index (χ2v) is 5.34. The summed E-state index contributed by atoms with van der Waals surface area (Å²) in [7, 11) is 0. The van der Waals surface area contributed by atoms with Crippen LogP contribution in [0.1, 0.15) is 37.9 Å². The lowest BCUT2D eigenvalue weighted by Crippen LogP contribution is -2.33. The van der Waals surface area contributed by atoms with Crippen molar-refractivity contribution in [2.45, 2.75) is 44.4 Å². The second-order valence-electron chi connectivity index (χ2n) is 4.49. The molecule has 0 aromatic heterocycles. The minimum atomic E-state index is 0.000810. The van der Waals surface area contributed by atoms with Crippen LogP contribution >= 0.6 is 15.9 Å². The van der Waals surface area contributed by atoms with Gasteiger partial charge in [0.1, 0.15) is 0 Å². The molecule has 0 heterocycles. The molecule has 0 saturated heterocycles. The SMILES string of the molecule is CC(N)C(OC1CCC1)c1ccccc1Br. The largest absolute Gasteiger partial charge is 0.369 e. The maximum Gasteiger partial charge on any atom is 0.0987 e. The summed E-state index contributed by atoms with van der Waals surface area (Å²) >= 11 is 3.56. The Bertz CT molecular complexity index is 350. The highest BCUT2D eigenvalue weighted by molar-refractivity contribution is 9.10. The first kappa shape index (κ1) is 12.1. The van der Waals surface area contributed by atoms with E-state index in [1.807, 2.05) is 25.1 Å². The lowest BCUT2D eigenvalue weighted by atomic mass is 9.95. The first-order valence-electron chi connectivity index (χ1n) is 5.84. The fourth-order valence-electron chi connectivity index (χ4n) is 1.90. The first-order valence-corrected chi connectivity index (χ1v) is 6.63. The molecule has 1 aromatic carbocycles. The normalized spacial score (nSPS) is 20.2. The lowest BCUT2D eigenvalue weighted by molar-refractivity contribution is -0.0614. The molecule has 1 aliphatic carbocycles. The number of rotatable bonds is 4. The Balaban J connectivity index is 2.14. The smallest absolute Gasteiger partial charge is 0.0987 e. The molecule has 1 aliphatic rings. The molecular weight excluding hydrogens is 266 g/mol. The Hall–Kier alpha value is -0.380. The summed E-state index contributed by atoms with van der Waals surface area (Å²) in [6.07, 6.45) is 4.04. The highest BCUT2D eigenvalue weighted by Crippen LogP contribution is 2.33. The van der Waals surface area contributed by atoms with Crippen molar-refractivity contribution in [3.8, 4) is 0 Å². The number of halogens is 1. The Morgan fingerprint density at radius 1 is 1.38 bits per heavy atom. The fraction of sp³-hybridized carbons (Fsp3) is 0.538. The minimum absolute atomic E-state index is 0.000810. The number of nitrogens with two attached hydrogens (primary N) is 1. The van der Waals surface area contributed by atoms with Gasteiger partial charge in [0.15, 0.2) is 0 Å². The van der Waals surface area contributed by atoms with Crippen molar-refractivity contribution in [3.63, 3.8) is 0 Å². The van der Waals surface area contributed by atoms with Gasteiger partial charge in [-0.25, -0.2) is 0 Å². The Morgan fingerprint density at radius 2 is 2.06 bits per heavy atom. The van der Waals surface area contributed by atoms with Gasteiger partial charge >= 0.3 is 0 Å². The highest BCUT2D eigenvalue weighted by atomic mass is 79.9. The number of hydrogen-bond donors (Lipinski definition) is 1. The summed E-state index contributed by atoms with van der Waals surface area (Å²) in [6, 6.07) is 8.17. The zero-order valence-electron chi connectivity index (χ0n) is 9.53. The van der Waals surface area contributed by atoms with E-state index in [0.717, 1.165) is 10.0 Å². The van der Waals surface area contributed by atoms with E-state index in [9.17, 15) is 0 Å². The third-order valence-electron chi connectivity index (χ3n) is 3.08. The van der Waals surface area contributed by atoms with Gasteiger partial charge in [-0.1, -0.05) is 34.1 Å². The van der Waals surface area contributed by atoms with Crippen LogP contribution in [0.25, 0.3) is 0 Å². The monoisotopic (exact) mass is 283 g/mol. The van der Waals surface area contributed by atoms with Crippen molar-refractivity contribution in [1.29, 1.82) is 0 Å². The molecule has 0 spiro atoms. The molecule has 2 unspecified atom stereocenters. The van der Waals surface area contributed by atoms with Crippen molar-refractivity contribution < 1.29 is 4.74 Å². The van der Waals surface area contributed by atoms with Gasteiger partial charge in [0, 0.05) is 10.5 Å². The maximum atomic E-state index is 6.06. The van der Waals surface area contributed by atoms with Crippen LogP contribution in [-0.4, -0.2) is 12.1 Å². The summed E-state index contributed by atoms with van der Waals surface area (Å²) in [4.78, 5) is 0. The summed E-state index contributed by atoms with van der Waals surface area (Å²) in [6.45, 7) is 2.00. The third-order valence-corrected chi connectivity index (χ3v) is 3.80. The van der Waals surface area contributed by atoms with Crippen molar-refractivity contribution in [1.82, 2.24) is 0 Å². The molecule has 0 radical (unpaired) electrons. The van der Waals surface area contributed by atoms with Crippen LogP contribution in [0, 0.1) is 0 Å². The van der Waals surface area contributed by atoms with E-state index in [1.54, 1.807) is 0 Å². The van der Waals surface area contributed by atoms with E-state index in [0.29, 0.717) is 6.10 Å². The number of benzene rings is 1. The summed E-state index contributed by atoms with van der Waals surface area (Å²) in [5.41, 5.74) is 7.18. The molecule has 3 heteroatoms. The van der Waals surface area contributed by atoms with Gasteiger partial charge in [0.05, 0.1) is 12.2 Å². The standard InChI is InChI=1S/C13H18BrNO/c1-9(15)13(16-10-5-4-6-10)11-7-2-3-8-12(11)14/h2-3,7-10,13H,4-6,15H2,1H3. The van der Waals surface area contributed by atoms with Crippen LogP contribution in [0.4, 0.5) is 0 Å². The molecule has 2 N–H and O–H groups in total. The average molecular weight is 284 g/mol. The van der Waals surface area contributed by atoms with Crippen LogP contribution in [0.3, 0.4) is 0 Å². The van der Waals surface area contributed by atoms with Crippen molar-refractivity contribution >= 4 is 15.9 Å². The predicted octanol–water partition coefficient (Wildman–Crippen LogP) is 3.41. The Kier molecular flexibility index (Phi) is 4.00. The van der Waals surface area contributed by atoms with E-state index < -0.39 is 0 Å². The van der Waals surface area contributed by atoms with E-state index in [-0.39, 0.29) is 12.1 Å². The van der Waals surface area contributed by atoms with Gasteiger partial charge < -0.3 is 10.5 Å². The Labute approximate surface area is 105 Å². The van der Waals surface area contributed by atoms with Gasteiger partial charge in [-0.3, -0.25) is 0 Å². The molecule has 1 fully saturated rings. The predicted molar refractivity (Wildman–Crippen MR) is 69.3 cm³/mol. The van der Waals surface area contributed by atoms with Crippen molar-refractivity contribution in [3.05, 3.63) is 34.3 Å². The fourth-order valence-corrected chi connectivity index (χ4v) is 2.41. The van der Waals surface area contributed by atoms with Crippen LogP contribution in [0.15, 0.2) is 28.7 Å². The van der Waals surface area contributed by atoms with E-state index in [4.69, 9.17) is 10.5 Å². The molecule has 88 valence electrons. The lowest BCUT2D eigenvalue weighted by Gasteiger charge is -2.33. The molecule has 1 aromatic rings. The molecule has 0 amide bonds. The molecule has 0 aliphatic heterocycles. The molecule has 2 atom stereocenters. The van der Waals surface area contributed by atoms with Gasteiger partial charge in [-0.15, -0.1) is 0 Å². The first-order chi connectivity index (χ1) is 7.68. The molecular formula is C13H18BrNO. The molecule has 2 rings (SSSR count). The van der Waals surface area contributed by atoms with Crippen molar-refractivity contribution in [2.75, 3.05) is 0 Å². The quantitative estimate of drug-likeness (QED) is 0.919. The van der Waals surface area contributed by atoms with Crippen LogP contribution in [-0.2, 0) is 4.74 Å². The number of ether oxygens (including phenoxy) is 1. The maximum absolute atomic E-state index is 6.06. The van der Waals surface area contributed by atoms with E-state index in [1.165, 1.54) is 19.3 Å².